The van der Waals surface area contributed by atoms with Crippen molar-refractivity contribution in [3.05, 3.63) is 5.32 Å². The average molecular weight is 298 g/mol. The third kappa shape index (κ3) is 17.1. The maximum absolute atomic E-state index is 3.74. The summed E-state index contributed by atoms with van der Waals surface area (Å²) in [6.45, 7) is 2.96. The van der Waals surface area contributed by atoms with E-state index in [0.717, 1.165) is 6.54 Å². The van der Waals surface area contributed by atoms with E-state index in [-0.39, 0.29) is 55.1 Å². The van der Waals surface area contributed by atoms with Gasteiger partial charge in [-0.3, -0.25) is 0 Å². The second-order valence-electron chi connectivity index (χ2n) is 0.632. The third-order valence-corrected chi connectivity index (χ3v) is 0.316. The first kappa shape index (κ1) is 15.7. The topological polar surface area (TPSA) is 14.1 Å². The minimum atomic E-state index is 0. The van der Waals surface area contributed by atoms with E-state index in [4.69, 9.17) is 0 Å². The summed E-state index contributed by atoms with van der Waals surface area (Å²) >= 11 is 0. The van der Waals surface area contributed by atoms with E-state index in [2.05, 4.69) is 5.32 Å². The Kier molecular flexibility index (Phi) is 41.4. The Labute approximate surface area is 80.0 Å². The Morgan fingerprint density at radius 2 is 1.67 bits per heavy atom. The summed E-state index contributed by atoms with van der Waals surface area (Å²) in [5.74, 6) is 0. The van der Waals surface area contributed by atoms with Crippen LogP contribution in [0.2, 0.25) is 0 Å². The van der Waals surface area contributed by atoms with Crippen LogP contribution in [0.1, 0.15) is 6.92 Å². The van der Waals surface area contributed by atoms with Crippen LogP contribution in [0.4, 0.5) is 0 Å². The van der Waals surface area contributed by atoms with Crippen LogP contribution in [0.5, 0.6) is 0 Å². The van der Waals surface area contributed by atoms with Crippen molar-refractivity contribution in [2.75, 3.05) is 13.6 Å². The largest absolute Gasteiger partial charge is 1.00 e. The van der Waals surface area contributed by atoms with E-state index >= 15 is 0 Å². The quantitative estimate of drug-likeness (QED) is 0.642. The molecule has 0 unspecified atom stereocenters. The van der Waals surface area contributed by atoms with Gasteiger partial charge in [0.1, 0.15) is 0 Å². The van der Waals surface area contributed by atoms with Crippen LogP contribution in [-0.2, 0) is 19.5 Å². The molecule has 1 nitrogen and oxygen atoms in total. The molecule has 0 aromatic heterocycles. The zero-order valence-corrected chi connectivity index (χ0v) is 9.45. The second-order valence-corrected chi connectivity index (χ2v) is 0.632. The first-order valence-electron chi connectivity index (χ1n) is 1.47. The molecule has 0 saturated carbocycles. The second kappa shape index (κ2) is 15.9. The summed E-state index contributed by atoms with van der Waals surface area (Å²) in [6.07, 6.45) is 0. The molecule has 0 aliphatic heterocycles. The molecule has 0 rings (SSSR count). The fourth-order valence-electron chi connectivity index (χ4n) is 0. The summed E-state index contributed by atoms with van der Waals surface area (Å²) in [6, 6.07) is 0. The fraction of sp³-hybridized carbons (Fsp3) is 1.00. The van der Waals surface area contributed by atoms with Crippen molar-refractivity contribution in [3.63, 3.8) is 0 Å². The molecule has 0 spiro atoms. The van der Waals surface area contributed by atoms with E-state index in [0.29, 0.717) is 0 Å². The zero-order valence-electron chi connectivity index (χ0n) is 4.09. The smallest absolute Gasteiger partial charge is 0.665 e. The number of hydrogen-bond acceptors (Lipinski definition) is 0. The van der Waals surface area contributed by atoms with Gasteiger partial charge in [0.05, 0.1) is 0 Å². The molecule has 0 N–H and O–H groups in total. The molecule has 2 radical (unpaired) electrons. The molecular formula is C3H8LaNRu. The summed E-state index contributed by atoms with van der Waals surface area (Å²) in [4.78, 5) is 0. The Morgan fingerprint density at radius 1 is 1.50 bits per heavy atom. The molecule has 3 heteroatoms. The fourth-order valence-corrected chi connectivity index (χ4v) is 0. The molecule has 0 aromatic carbocycles. The molecule has 0 atom stereocenters. The summed E-state index contributed by atoms with van der Waals surface area (Å²) in [7, 11) is 1.81. The van der Waals surface area contributed by atoms with E-state index in [1.807, 2.05) is 6.92 Å². The van der Waals surface area contributed by atoms with Gasteiger partial charge < -0.3 is 5.32 Å². The molecule has 0 heterocycles. The van der Waals surface area contributed by atoms with E-state index in [1.165, 1.54) is 0 Å². The van der Waals surface area contributed by atoms with E-state index in [1.54, 1.807) is 7.05 Å². The van der Waals surface area contributed by atoms with Gasteiger partial charge >= 0.3 is 19.5 Å². The zero-order chi connectivity index (χ0) is 3.41. The number of nitrogens with zero attached hydrogens (tertiary/aromatic N) is 1. The van der Waals surface area contributed by atoms with Gasteiger partial charge in [0, 0.05) is 35.6 Å². The van der Waals surface area contributed by atoms with E-state index < -0.39 is 0 Å². The Bertz CT molecular complexity index is 12.8. The van der Waals surface area contributed by atoms with Crippen molar-refractivity contribution < 1.29 is 55.1 Å². The normalized spacial score (nSPS) is 5.00. The molecule has 0 aromatic rings. The Balaban J connectivity index is -0.0000000450. The standard InChI is InChI=1S/C3H8N.La.Ru/c1-3-4-2;;/h3H2,1-2H3;;/q-1;;+1. The van der Waals surface area contributed by atoms with Crippen LogP contribution >= 0.6 is 0 Å². The van der Waals surface area contributed by atoms with Gasteiger partial charge in [-0.05, 0) is 0 Å². The molecule has 0 aliphatic rings. The Hall–Kier alpha value is 1.78. The Morgan fingerprint density at radius 3 is 1.67 bits per heavy atom. The molecule has 6 heavy (non-hydrogen) atoms. The van der Waals surface area contributed by atoms with Crippen molar-refractivity contribution in [2.24, 2.45) is 0 Å². The predicted octanol–water partition coefficient (Wildman–Crippen LogP) is 1.01. The number of hydrogen-bond donors (Lipinski definition) is 0. The van der Waals surface area contributed by atoms with Gasteiger partial charge in [0.25, 0.3) is 0 Å². The molecule has 0 aliphatic carbocycles. The minimum Gasteiger partial charge on any atom is -0.665 e. The monoisotopic (exact) mass is 299 g/mol. The average Bonchev–Trinajstić information content (AvgIpc) is 1.37. The van der Waals surface area contributed by atoms with Gasteiger partial charge in [0.2, 0.25) is 0 Å². The van der Waals surface area contributed by atoms with Gasteiger partial charge in [-0.2, -0.15) is 13.6 Å². The molecule has 0 saturated heterocycles. The van der Waals surface area contributed by atoms with Crippen LogP contribution in [0.25, 0.3) is 5.32 Å². The summed E-state index contributed by atoms with van der Waals surface area (Å²) in [5, 5.41) is 3.74. The first-order valence-corrected chi connectivity index (χ1v) is 1.47. The van der Waals surface area contributed by atoms with Gasteiger partial charge in [-0.1, -0.05) is 6.92 Å². The molecule has 0 bridgehead atoms. The maximum atomic E-state index is 3.74. The molecular weight excluding hydrogens is 290 g/mol. The molecule has 0 amide bonds. The van der Waals surface area contributed by atoms with Crippen molar-refractivity contribution in [2.45, 2.75) is 6.92 Å². The summed E-state index contributed by atoms with van der Waals surface area (Å²) < 4.78 is 0. The maximum Gasteiger partial charge on any atom is 1.00 e. The minimum absolute atomic E-state index is 0. The van der Waals surface area contributed by atoms with Gasteiger partial charge in [-0.15, -0.1) is 0 Å². The van der Waals surface area contributed by atoms with E-state index in [9.17, 15) is 0 Å². The van der Waals surface area contributed by atoms with Crippen LogP contribution in [0.15, 0.2) is 0 Å². The summed E-state index contributed by atoms with van der Waals surface area (Å²) in [5.41, 5.74) is 0. The van der Waals surface area contributed by atoms with Crippen LogP contribution in [0, 0.1) is 35.6 Å². The third-order valence-electron chi connectivity index (χ3n) is 0.316. The van der Waals surface area contributed by atoms with Crippen LogP contribution in [-0.4, -0.2) is 13.6 Å². The van der Waals surface area contributed by atoms with Crippen molar-refractivity contribution >= 4 is 0 Å². The predicted molar refractivity (Wildman–Crippen MR) is 19.8 cm³/mol. The SMILES string of the molecule is CC[N-]C.[La].[Ru+]. The van der Waals surface area contributed by atoms with Crippen LogP contribution in [0.3, 0.4) is 0 Å². The molecule has 0 fully saturated rings. The van der Waals surface area contributed by atoms with Gasteiger partial charge in [-0.25, -0.2) is 0 Å². The number of rotatable bonds is 1. The van der Waals surface area contributed by atoms with Gasteiger partial charge in [0.15, 0.2) is 0 Å². The van der Waals surface area contributed by atoms with Crippen LogP contribution < -0.4 is 0 Å². The van der Waals surface area contributed by atoms with Crippen molar-refractivity contribution in [1.82, 2.24) is 0 Å². The van der Waals surface area contributed by atoms with Crippen molar-refractivity contribution in [3.8, 4) is 0 Å². The molecule has 36 valence electrons. The van der Waals surface area contributed by atoms with Crippen molar-refractivity contribution in [1.29, 1.82) is 0 Å². The first-order chi connectivity index (χ1) is 1.91.